The van der Waals surface area contributed by atoms with Gasteiger partial charge in [0.25, 0.3) is 0 Å². The molecule has 6 heteroatoms. The second-order valence-corrected chi connectivity index (χ2v) is 7.55. The second-order valence-electron chi connectivity index (χ2n) is 7.55. The van der Waals surface area contributed by atoms with Crippen LogP contribution in [0.5, 0.6) is 5.88 Å². The quantitative estimate of drug-likeness (QED) is 0.869. The van der Waals surface area contributed by atoms with Gasteiger partial charge in [-0.25, -0.2) is 9.78 Å². The van der Waals surface area contributed by atoms with E-state index in [-0.39, 0.29) is 18.2 Å². The summed E-state index contributed by atoms with van der Waals surface area (Å²) in [4.78, 5) is 16.3. The molecule has 1 aliphatic heterocycles. The number of rotatable bonds is 5. The smallest absolute Gasteiger partial charge is 0.315 e. The SMILES string of the molecule is CC1(C)CCC(NC(=O)NCc2ccnc(OC3COC3)c2)CC1. The van der Waals surface area contributed by atoms with Crippen LogP contribution in [0.3, 0.4) is 0 Å². The number of nitrogens with zero attached hydrogens (tertiary/aromatic N) is 1. The van der Waals surface area contributed by atoms with Crippen molar-refractivity contribution in [2.45, 2.75) is 58.2 Å². The molecule has 2 N–H and O–H groups in total. The van der Waals surface area contributed by atoms with E-state index >= 15 is 0 Å². The van der Waals surface area contributed by atoms with E-state index in [0.29, 0.717) is 31.1 Å². The Balaban J connectivity index is 1.42. The topological polar surface area (TPSA) is 72.5 Å². The molecule has 0 spiro atoms. The van der Waals surface area contributed by atoms with Crippen LogP contribution >= 0.6 is 0 Å². The molecule has 3 rings (SSSR count). The van der Waals surface area contributed by atoms with E-state index in [4.69, 9.17) is 9.47 Å². The van der Waals surface area contributed by atoms with Gasteiger partial charge < -0.3 is 20.1 Å². The Hall–Kier alpha value is -1.82. The Kier molecular flexibility index (Phi) is 5.23. The molecule has 0 radical (unpaired) electrons. The van der Waals surface area contributed by atoms with Crippen molar-refractivity contribution in [3.63, 3.8) is 0 Å². The molecular weight excluding hydrogens is 306 g/mol. The van der Waals surface area contributed by atoms with Gasteiger partial charge in [-0.15, -0.1) is 0 Å². The molecule has 0 unspecified atom stereocenters. The maximum absolute atomic E-state index is 12.1. The average Bonchev–Trinajstić information content (AvgIpc) is 2.52. The van der Waals surface area contributed by atoms with Crippen LogP contribution in [-0.4, -0.2) is 36.4 Å². The van der Waals surface area contributed by atoms with Crippen molar-refractivity contribution in [2.24, 2.45) is 5.41 Å². The third-order valence-corrected chi connectivity index (χ3v) is 4.82. The summed E-state index contributed by atoms with van der Waals surface area (Å²) in [5.74, 6) is 0.581. The van der Waals surface area contributed by atoms with Gasteiger partial charge in [-0.2, -0.15) is 0 Å². The van der Waals surface area contributed by atoms with E-state index in [1.165, 1.54) is 0 Å². The van der Waals surface area contributed by atoms with E-state index in [9.17, 15) is 4.79 Å². The lowest BCUT2D eigenvalue weighted by atomic mass is 9.76. The zero-order valence-electron chi connectivity index (χ0n) is 14.5. The fourth-order valence-corrected chi connectivity index (χ4v) is 3.04. The van der Waals surface area contributed by atoms with Gasteiger partial charge in [-0.05, 0) is 42.7 Å². The number of pyridine rings is 1. The fraction of sp³-hybridized carbons (Fsp3) is 0.667. The van der Waals surface area contributed by atoms with Gasteiger partial charge in [0.15, 0.2) is 0 Å². The fourth-order valence-electron chi connectivity index (χ4n) is 3.04. The molecule has 1 saturated carbocycles. The number of carbonyl (C=O) groups excluding carboxylic acids is 1. The van der Waals surface area contributed by atoms with Crippen molar-refractivity contribution >= 4 is 6.03 Å². The van der Waals surface area contributed by atoms with Crippen LogP contribution in [0.1, 0.15) is 45.1 Å². The van der Waals surface area contributed by atoms with Crippen molar-refractivity contribution in [2.75, 3.05) is 13.2 Å². The van der Waals surface area contributed by atoms with E-state index < -0.39 is 0 Å². The maximum Gasteiger partial charge on any atom is 0.315 e. The third kappa shape index (κ3) is 4.84. The monoisotopic (exact) mass is 333 g/mol. The minimum absolute atomic E-state index is 0.0968. The number of nitrogens with one attached hydrogen (secondary N) is 2. The van der Waals surface area contributed by atoms with E-state index in [1.54, 1.807) is 6.20 Å². The molecular formula is C18H27N3O3. The highest BCUT2D eigenvalue weighted by atomic mass is 16.6. The van der Waals surface area contributed by atoms with Gasteiger partial charge in [0.1, 0.15) is 6.10 Å². The van der Waals surface area contributed by atoms with E-state index in [2.05, 4.69) is 29.5 Å². The zero-order chi connectivity index (χ0) is 17.0. The molecule has 0 aromatic carbocycles. The molecule has 2 fully saturated rings. The number of urea groups is 1. The second kappa shape index (κ2) is 7.38. The number of carbonyl (C=O) groups is 1. The van der Waals surface area contributed by atoms with Crippen molar-refractivity contribution in [3.05, 3.63) is 23.9 Å². The van der Waals surface area contributed by atoms with Gasteiger partial charge in [-0.3, -0.25) is 0 Å². The summed E-state index contributed by atoms with van der Waals surface area (Å²) in [6, 6.07) is 3.93. The first-order valence-electron chi connectivity index (χ1n) is 8.74. The molecule has 2 aliphatic rings. The standard InChI is InChI=1S/C18H27N3O3/c1-18(2)6-3-14(4-7-18)21-17(22)20-10-13-5-8-19-16(9-13)24-15-11-23-12-15/h5,8-9,14-15H,3-4,6-7,10-12H2,1-2H3,(H2,20,21,22). The Morgan fingerprint density at radius 3 is 2.79 bits per heavy atom. The predicted molar refractivity (Wildman–Crippen MR) is 90.9 cm³/mol. The maximum atomic E-state index is 12.1. The first-order chi connectivity index (χ1) is 11.5. The Morgan fingerprint density at radius 2 is 2.12 bits per heavy atom. The number of hydrogen-bond acceptors (Lipinski definition) is 4. The first kappa shape index (κ1) is 17.0. The Morgan fingerprint density at radius 1 is 1.38 bits per heavy atom. The molecule has 24 heavy (non-hydrogen) atoms. The minimum atomic E-state index is -0.105. The van der Waals surface area contributed by atoms with Gasteiger partial charge in [0.2, 0.25) is 5.88 Å². The molecule has 1 aliphatic carbocycles. The molecule has 1 aromatic rings. The summed E-state index contributed by atoms with van der Waals surface area (Å²) < 4.78 is 10.8. The van der Waals surface area contributed by atoms with Gasteiger partial charge in [0, 0.05) is 24.8 Å². The highest BCUT2D eigenvalue weighted by molar-refractivity contribution is 5.74. The molecule has 2 heterocycles. The first-order valence-corrected chi connectivity index (χ1v) is 8.74. The molecule has 6 nitrogen and oxygen atoms in total. The minimum Gasteiger partial charge on any atom is -0.469 e. The van der Waals surface area contributed by atoms with Crippen LogP contribution in [0.25, 0.3) is 0 Å². The van der Waals surface area contributed by atoms with Crippen molar-refractivity contribution in [1.82, 2.24) is 15.6 Å². The molecule has 0 bridgehead atoms. The Labute approximate surface area is 143 Å². The molecule has 1 saturated heterocycles. The Bertz CT molecular complexity index is 562. The average molecular weight is 333 g/mol. The van der Waals surface area contributed by atoms with Crippen LogP contribution < -0.4 is 15.4 Å². The summed E-state index contributed by atoms with van der Waals surface area (Å²) in [7, 11) is 0. The number of ether oxygens (including phenoxy) is 2. The molecule has 2 amide bonds. The summed E-state index contributed by atoms with van der Waals surface area (Å²) in [6.45, 7) is 6.28. The van der Waals surface area contributed by atoms with Crippen molar-refractivity contribution in [3.8, 4) is 5.88 Å². The molecule has 0 atom stereocenters. The lowest BCUT2D eigenvalue weighted by Crippen LogP contribution is -2.44. The van der Waals surface area contributed by atoms with Crippen LogP contribution in [0.4, 0.5) is 4.79 Å². The van der Waals surface area contributed by atoms with Crippen LogP contribution in [0, 0.1) is 5.41 Å². The van der Waals surface area contributed by atoms with E-state index in [0.717, 1.165) is 31.2 Å². The van der Waals surface area contributed by atoms with Crippen LogP contribution in [0.2, 0.25) is 0 Å². The highest BCUT2D eigenvalue weighted by Gasteiger charge is 2.27. The van der Waals surface area contributed by atoms with Crippen LogP contribution in [0.15, 0.2) is 18.3 Å². The van der Waals surface area contributed by atoms with Crippen LogP contribution in [-0.2, 0) is 11.3 Å². The van der Waals surface area contributed by atoms with Crippen molar-refractivity contribution < 1.29 is 14.3 Å². The number of amides is 2. The summed E-state index contributed by atoms with van der Waals surface area (Å²) in [6.07, 6.45) is 6.22. The summed E-state index contributed by atoms with van der Waals surface area (Å²) in [5, 5.41) is 6.00. The van der Waals surface area contributed by atoms with Gasteiger partial charge in [0.05, 0.1) is 13.2 Å². The summed E-state index contributed by atoms with van der Waals surface area (Å²) >= 11 is 0. The lowest BCUT2D eigenvalue weighted by Gasteiger charge is -2.34. The predicted octanol–water partition coefficient (Wildman–Crippen LogP) is 2.63. The zero-order valence-corrected chi connectivity index (χ0v) is 14.5. The summed E-state index contributed by atoms with van der Waals surface area (Å²) in [5.41, 5.74) is 1.38. The van der Waals surface area contributed by atoms with E-state index in [1.807, 2.05) is 12.1 Å². The van der Waals surface area contributed by atoms with Gasteiger partial charge in [-0.1, -0.05) is 13.8 Å². The third-order valence-electron chi connectivity index (χ3n) is 4.82. The molecule has 1 aromatic heterocycles. The molecule has 132 valence electrons. The number of hydrogen-bond donors (Lipinski definition) is 2. The number of aromatic nitrogens is 1. The largest absolute Gasteiger partial charge is 0.469 e. The normalized spacial score (nSPS) is 20.9. The van der Waals surface area contributed by atoms with Gasteiger partial charge >= 0.3 is 6.03 Å². The highest BCUT2D eigenvalue weighted by Crippen LogP contribution is 2.34. The lowest BCUT2D eigenvalue weighted by molar-refractivity contribution is -0.0813. The van der Waals surface area contributed by atoms with Crippen molar-refractivity contribution in [1.29, 1.82) is 0 Å².